The lowest BCUT2D eigenvalue weighted by molar-refractivity contribution is 1.12. The number of hydrogen-bond donors (Lipinski definition) is 0. The van der Waals surface area contributed by atoms with Crippen molar-refractivity contribution in [3.8, 4) is 39.1 Å². The fourth-order valence-electron chi connectivity index (χ4n) is 8.60. The van der Waals surface area contributed by atoms with Crippen LogP contribution in [0.25, 0.3) is 72.1 Å². The molecule has 0 spiro atoms. The maximum absolute atomic E-state index is 5.18. The Labute approximate surface area is 334 Å². The molecule has 1 aliphatic carbocycles. The van der Waals surface area contributed by atoms with E-state index in [0.717, 1.165) is 40.1 Å². The number of para-hydroxylation sites is 1. The van der Waals surface area contributed by atoms with Gasteiger partial charge in [0.2, 0.25) is 0 Å². The second-order valence-electron chi connectivity index (χ2n) is 14.8. The highest BCUT2D eigenvalue weighted by Gasteiger charge is 2.26. The summed E-state index contributed by atoms with van der Waals surface area (Å²) in [7, 11) is 0. The van der Waals surface area contributed by atoms with Gasteiger partial charge in [-0.15, -0.1) is 0 Å². The predicted molar refractivity (Wildman–Crippen MR) is 242 cm³/mol. The topological polar surface area (TPSA) is 17.3 Å². The van der Waals surface area contributed by atoms with Gasteiger partial charge in [-0.05, 0) is 99.0 Å². The smallest absolute Gasteiger partial charge is 0.0712 e. The third-order valence-corrected chi connectivity index (χ3v) is 11.4. The van der Waals surface area contributed by atoms with Crippen molar-refractivity contribution >= 4 is 38.8 Å². The van der Waals surface area contributed by atoms with E-state index >= 15 is 0 Å². The van der Waals surface area contributed by atoms with E-state index in [1.807, 2.05) is 12.1 Å². The molecule has 57 heavy (non-hydrogen) atoms. The minimum atomic E-state index is 0.729. The molecule has 1 aliphatic rings. The zero-order chi connectivity index (χ0) is 38.3. The van der Waals surface area contributed by atoms with Crippen molar-refractivity contribution in [2.24, 2.45) is 4.99 Å². The average Bonchev–Trinajstić information content (AvgIpc) is 3.83. The van der Waals surface area contributed by atoms with Gasteiger partial charge in [0.1, 0.15) is 0 Å². The Hall–Kier alpha value is -7.29. The lowest BCUT2D eigenvalue weighted by Crippen LogP contribution is -1.99. The number of allylic oxidation sites excluding steroid dienone is 2. The van der Waals surface area contributed by atoms with Gasteiger partial charge in [-0.2, -0.15) is 0 Å². The number of fused-ring (bicyclic) bond motifs is 6. The normalized spacial score (nSPS) is 12.5. The first-order valence-corrected chi connectivity index (χ1v) is 19.6. The third-order valence-electron chi connectivity index (χ3n) is 11.4. The summed E-state index contributed by atoms with van der Waals surface area (Å²) in [6.07, 6.45) is 3.01. The van der Waals surface area contributed by atoms with Gasteiger partial charge < -0.3 is 4.57 Å². The number of hydrogen-bond acceptors (Lipinski definition) is 1. The van der Waals surface area contributed by atoms with E-state index in [0.29, 0.717) is 0 Å². The van der Waals surface area contributed by atoms with Gasteiger partial charge in [-0.1, -0.05) is 170 Å². The van der Waals surface area contributed by atoms with Gasteiger partial charge in [0.05, 0.1) is 28.1 Å². The van der Waals surface area contributed by atoms with Crippen LogP contribution in [-0.4, -0.2) is 10.3 Å². The zero-order valence-electron chi connectivity index (χ0n) is 31.9. The molecule has 9 aromatic rings. The summed E-state index contributed by atoms with van der Waals surface area (Å²) < 4.78 is 2.48. The molecule has 0 aliphatic heterocycles. The average molecular weight is 729 g/mol. The highest BCUT2D eigenvalue weighted by molar-refractivity contribution is 6.14. The van der Waals surface area contributed by atoms with Crippen molar-refractivity contribution in [2.75, 3.05) is 0 Å². The molecule has 0 bridgehead atoms. The molecule has 2 nitrogen and oxygen atoms in total. The summed E-state index contributed by atoms with van der Waals surface area (Å²) in [4.78, 5) is 5.18. The number of rotatable bonds is 8. The Balaban J connectivity index is 1.03. The number of benzene rings is 8. The van der Waals surface area contributed by atoms with Crippen LogP contribution in [0.3, 0.4) is 0 Å². The van der Waals surface area contributed by atoms with E-state index in [2.05, 4.69) is 206 Å². The molecule has 0 atom stereocenters. The first-order valence-electron chi connectivity index (χ1n) is 19.6. The van der Waals surface area contributed by atoms with Crippen molar-refractivity contribution in [1.82, 2.24) is 4.57 Å². The summed E-state index contributed by atoms with van der Waals surface area (Å²) in [5.74, 6) is 0. The Morgan fingerprint density at radius 2 is 1.09 bits per heavy atom. The molecule has 0 radical (unpaired) electrons. The standard InChI is InChI=1S/C55H40N2/c1-37(39-17-6-3-7-18-39)33-52(41-21-10-5-11-22-41)56-38(2)42-23-14-24-44(34-42)45-26-15-27-46-47-28-16-30-54(51(47)36-49(45)46)57-53-29-13-12-25-48(53)50-35-43(31-32-55(50)57)40-19-8-4-9-20-40/h3-35H,2,36H2,1H3/b37-33+,56-52?. The molecule has 2 heteroatoms. The lowest BCUT2D eigenvalue weighted by atomic mass is 9.94. The maximum Gasteiger partial charge on any atom is 0.0712 e. The van der Waals surface area contributed by atoms with Crippen LogP contribution < -0.4 is 0 Å². The summed E-state index contributed by atoms with van der Waals surface area (Å²) >= 11 is 0. The Morgan fingerprint density at radius 3 is 1.88 bits per heavy atom. The molecule has 0 amide bonds. The quantitative estimate of drug-likeness (QED) is 0.139. The largest absolute Gasteiger partial charge is 0.309 e. The molecule has 10 rings (SSSR count). The highest BCUT2D eigenvalue weighted by atomic mass is 15.0. The summed E-state index contributed by atoms with van der Waals surface area (Å²) in [6, 6.07) is 69.5. The molecule has 8 aromatic carbocycles. The molecule has 0 N–H and O–H groups in total. The SMILES string of the molecule is C=C(N=C(/C=C(\C)c1ccccc1)c1ccccc1)c1cccc(-c2cccc3c2Cc2c-3cccc2-n2c3ccccc3c3cc(-c4ccccc4)ccc32)c1. The van der Waals surface area contributed by atoms with E-state index < -0.39 is 0 Å². The molecular formula is C55H40N2. The summed E-state index contributed by atoms with van der Waals surface area (Å²) in [6.45, 7) is 6.64. The number of nitrogens with zero attached hydrogens (tertiary/aromatic N) is 2. The summed E-state index contributed by atoms with van der Waals surface area (Å²) in [5.41, 5.74) is 19.8. The van der Waals surface area contributed by atoms with E-state index in [4.69, 9.17) is 4.99 Å². The molecular weight excluding hydrogens is 689 g/mol. The van der Waals surface area contributed by atoms with Gasteiger partial charge in [0.15, 0.2) is 0 Å². The second kappa shape index (κ2) is 14.4. The van der Waals surface area contributed by atoms with Crippen molar-refractivity contribution in [3.63, 3.8) is 0 Å². The van der Waals surface area contributed by atoms with Crippen LogP contribution in [-0.2, 0) is 6.42 Å². The molecule has 0 saturated heterocycles. The predicted octanol–water partition coefficient (Wildman–Crippen LogP) is 14.3. The van der Waals surface area contributed by atoms with Gasteiger partial charge in [0.25, 0.3) is 0 Å². The van der Waals surface area contributed by atoms with Gasteiger partial charge in [-0.3, -0.25) is 0 Å². The van der Waals surface area contributed by atoms with E-state index in [-0.39, 0.29) is 0 Å². The van der Waals surface area contributed by atoms with Crippen molar-refractivity contribution < 1.29 is 0 Å². The van der Waals surface area contributed by atoms with E-state index in [1.165, 1.54) is 72.0 Å². The van der Waals surface area contributed by atoms with Crippen LogP contribution in [0.1, 0.15) is 34.7 Å². The third kappa shape index (κ3) is 6.22. The van der Waals surface area contributed by atoms with Crippen LogP contribution in [0, 0.1) is 0 Å². The molecule has 0 fully saturated rings. The number of aromatic nitrogens is 1. The minimum Gasteiger partial charge on any atom is -0.309 e. The molecule has 1 heterocycles. The van der Waals surface area contributed by atoms with Crippen molar-refractivity contribution in [3.05, 3.63) is 235 Å². The fourth-order valence-corrected chi connectivity index (χ4v) is 8.60. The Bertz CT molecular complexity index is 3040. The fraction of sp³-hybridized carbons (Fsp3) is 0.0364. The van der Waals surface area contributed by atoms with Crippen LogP contribution >= 0.6 is 0 Å². The van der Waals surface area contributed by atoms with Gasteiger partial charge >= 0.3 is 0 Å². The zero-order valence-corrected chi connectivity index (χ0v) is 31.9. The van der Waals surface area contributed by atoms with Gasteiger partial charge in [0, 0.05) is 28.3 Å². The van der Waals surface area contributed by atoms with E-state index in [1.54, 1.807) is 0 Å². The highest BCUT2D eigenvalue weighted by Crippen LogP contribution is 2.46. The molecule has 1 aromatic heterocycles. The van der Waals surface area contributed by atoms with Gasteiger partial charge in [-0.25, -0.2) is 4.99 Å². The van der Waals surface area contributed by atoms with Crippen LogP contribution in [0.15, 0.2) is 212 Å². The van der Waals surface area contributed by atoms with Crippen LogP contribution in [0.2, 0.25) is 0 Å². The first-order chi connectivity index (χ1) is 28.1. The van der Waals surface area contributed by atoms with Crippen LogP contribution in [0.4, 0.5) is 0 Å². The Kier molecular flexibility index (Phi) is 8.65. The monoisotopic (exact) mass is 728 g/mol. The molecule has 0 saturated carbocycles. The maximum atomic E-state index is 5.18. The number of aliphatic imine (C=N–C) groups is 1. The van der Waals surface area contributed by atoms with Crippen molar-refractivity contribution in [1.29, 1.82) is 0 Å². The Morgan fingerprint density at radius 1 is 0.491 bits per heavy atom. The molecule has 0 unspecified atom stereocenters. The van der Waals surface area contributed by atoms with Crippen molar-refractivity contribution in [2.45, 2.75) is 13.3 Å². The van der Waals surface area contributed by atoms with E-state index in [9.17, 15) is 0 Å². The second-order valence-corrected chi connectivity index (χ2v) is 14.8. The lowest BCUT2D eigenvalue weighted by Gasteiger charge is -2.13. The molecule has 270 valence electrons. The first kappa shape index (κ1) is 34.2. The minimum absolute atomic E-state index is 0.729. The van der Waals surface area contributed by atoms with Crippen LogP contribution in [0.5, 0.6) is 0 Å². The summed E-state index contributed by atoms with van der Waals surface area (Å²) in [5, 5.41) is 2.53.